The minimum atomic E-state index is -4.61. The molecule has 4 rings (SSSR count). The zero-order valence-corrected chi connectivity index (χ0v) is 29.2. The van der Waals surface area contributed by atoms with Crippen molar-refractivity contribution in [1.29, 1.82) is 0 Å². The summed E-state index contributed by atoms with van der Waals surface area (Å²) >= 11 is 0.844. The fourth-order valence-electron chi connectivity index (χ4n) is 4.84. The first kappa shape index (κ1) is 39.9. The summed E-state index contributed by atoms with van der Waals surface area (Å²) in [5, 5.41) is 13.8. The summed E-state index contributed by atoms with van der Waals surface area (Å²) in [4.78, 5) is 65.9. The van der Waals surface area contributed by atoms with Gasteiger partial charge < -0.3 is 29.5 Å². The van der Waals surface area contributed by atoms with Gasteiger partial charge in [-0.15, -0.1) is 11.3 Å². The van der Waals surface area contributed by atoms with Gasteiger partial charge in [-0.3, -0.25) is 19.2 Å². The number of benzene rings is 3. The Morgan fingerprint density at radius 3 is 2.19 bits per heavy atom. The molecule has 17 heteroatoms. The third-order valence-electron chi connectivity index (χ3n) is 7.87. The van der Waals surface area contributed by atoms with Crippen molar-refractivity contribution in [3.8, 4) is 16.9 Å². The number of ether oxygens (including phenoxy) is 3. The number of thiophene rings is 1. The number of carboxylic acids is 1. The highest BCUT2D eigenvalue weighted by atomic mass is 32.1. The third kappa shape index (κ3) is 8.63. The number of amides is 2. The van der Waals surface area contributed by atoms with Crippen LogP contribution in [0.5, 0.6) is 5.75 Å². The van der Waals surface area contributed by atoms with E-state index in [-0.39, 0.29) is 21.6 Å². The largest absolute Gasteiger partial charge is 0.514 e. The normalized spacial score (nSPS) is 12.9. The van der Waals surface area contributed by atoms with Gasteiger partial charge in [0.15, 0.2) is 11.6 Å². The molecule has 2 N–H and O–H groups in total. The van der Waals surface area contributed by atoms with E-state index in [4.69, 9.17) is 14.2 Å². The number of halogens is 5. The number of hydrogen-bond donors (Lipinski definition) is 2. The van der Waals surface area contributed by atoms with E-state index in [9.17, 15) is 42.3 Å². The predicted molar refractivity (Wildman–Crippen MR) is 181 cm³/mol. The summed E-state index contributed by atoms with van der Waals surface area (Å²) in [7, 11) is 2.42. The first-order valence-corrected chi connectivity index (χ1v) is 16.4. The average Bonchev–Trinajstić information content (AvgIpc) is 3.65. The standard InChI is InChI=1S/C36H31F5N2O9S/c1-5-19(2)51-33(48)35(32(46)47,26-11-8-16-53-26)18-50-34(49)52-29-24(37)17-25(27(28(29)38)31(45)43(3)4)42-30(44)23-10-7-6-9-22(23)20-12-14-21(15-13-20)36(39,40)41/h6-17,19H,5,18H2,1-4H3,(H,42,44)(H,46,47). The van der Waals surface area contributed by atoms with Crippen molar-refractivity contribution in [2.24, 2.45) is 0 Å². The monoisotopic (exact) mass is 762 g/mol. The highest BCUT2D eigenvalue weighted by Crippen LogP contribution is 2.36. The Balaban J connectivity index is 1.66. The average molecular weight is 763 g/mol. The molecule has 1 aromatic heterocycles. The van der Waals surface area contributed by atoms with Crippen LogP contribution >= 0.6 is 11.3 Å². The lowest BCUT2D eigenvalue weighted by Crippen LogP contribution is -2.49. The molecule has 280 valence electrons. The van der Waals surface area contributed by atoms with Crippen molar-refractivity contribution in [1.82, 2.24) is 4.90 Å². The maximum Gasteiger partial charge on any atom is 0.514 e. The minimum absolute atomic E-state index is 0.0812. The number of rotatable bonds is 12. The molecule has 11 nitrogen and oxygen atoms in total. The van der Waals surface area contributed by atoms with Gasteiger partial charge in [-0.05, 0) is 54.1 Å². The fourth-order valence-corrected chi connectivity index (χ4v) is 5.73. The molecule has 0 aliphatic rings. The smallest absolute Gasteiger partial charge is 0.480 e. The molecule has 2 atom stereocenters. The van der Waals surface area contributed by atoms with Gasteiger partial charge in [0.2, 0.25) is 11.2 Å². The Bertz CT molecular complexity index is 2020. The van der Waals surface area contributed by atoms with Crippen LogP contribution in [0.1, 0.15) is 51.4 Å². The second-order valence-corrected chi connectivity index (χ2v) is 12.6. The number of aliphatic carboxylic acids is 1. The van der Waals surface area contributed by atoms with Crippen LogP contribution in [-0.4, -0.2) is 66.7 Å². The van der Waals surface area contributed by atoms with Crippen molar-refractivity contribution in [2.75, 3.05) is 26.0 Å². The molecule has 1 heterocycles. The van der Waals surface area contributed by atoms with Crippen molar-refractivity contribution in [3.63, 3.8) is 0 Å². The summed E-state index contributed by atoms with van der Waals surface area (Å²) in [6.07, 6.45) is -6.86. The van der Waals surface area contributed by atoms with Crippen molar-refractivity contribution < 1.29 is 65.2 Å². The first-order valence-electron chi connectivity index (χ1n) is 15.6. The molecule has 2 amide bonds. The molecule has 0 bridgehead atoms. The van der Waals surface area contributed by atoms with Crippen molar-refractivity contribution in [2.45, 2.75) is 38.0 Å². The molecule has 0 saturated carbocycles. The van der Waals surface area contributed by atoms with Crippen LogP contribution in [0.25, 0.3) is 11.1 Å². The van der Waals surface area contributed by atoms with E-state index in [0.717, 1.165) is 40.5 Å². The predicted octanol–water partition coefficient (Wildman–Crippen LogP) is 7.55. The number of alkyl halides is 3. The van der Waals surface area contributed by atoms with E-state index < -0.39 is 88.4 Å². The van der Waals surface area contributed by atoms with Gasteiger partial charge in [0.25, 0.3) is 11.8 Å². The number of carbonyl (C=O) groups excluding carboxylic acids is 4. The quantitative estimate of drug-likeness (QED) is 0.0646. The van der Waals surface area contributed by atoms with E-state index in [2.05, 4.69) is 5.32 Å². The van der Waals surface area contributed by atoms with Crippen LogP contribution in [-0.2, 0) is 30.7 Å². The lowest BCUT2D eigenvalue weighted by molar-refractivity contribution is -0.167. The Morgan fingerprint density at radius 2 is 1.62 bits per heavy atom. The topological polar surface area (TPSA) is 149 Å². The van der Waals surface area contributed by atoms with Crippen molar-refractivity contribution in [3.05, 3.63) is 105 Å². The van der Waals surface area contributed by atoms with Crippen molar-refractivity contribution >= 4 is 46.9 Å². The lowest BCUT2D eigenvalue weighted by atomic mass is 9.87. The van der Waals surface area contributed by atoms with Crippen LogP contribution in [0.4, 0.5) is 32.4 Å². The van der Waals surface area contributed by atoms with Gasteiger partial charge in [-0.2, -0.15) is 13.2 Å². The Labute approximate surface area is 302 Å². The number of nitrogens with zero attached hydrogens (tertiary/aromatic N) is 1. The molecule has 0 saturated heterocycles. The van der Waals surface area contributed by atoms with Crippen LogP contribution in [0.2, 0.25) is 0 Å². The SMILES string of the molecule is CCC(C)OC(=O)C(COC(=O)Oc1c(F)cc(NC(=O)c2ccccc2-c2ccc(C(F)(F)F)cc2)c(C(=O)N(C)C)c1F)(C(=O)O)c1cccs1. The molecule has 0 spiro atoms. The number of anilines is 1. The number of nitrogens with one attached hydrogen (secondary N) is 1. The van der Waals surface area contributed by atoms with E-state index >= 15 is 8.78 Å². The molecule has 0 fully saturated rings. The molecule has 0 radical (unpaired) electrons. The van der Waals surface area contributed by atoms with E-state index in [1.165, 1.54) is 62.8 Å². The van der Waals surface area contributed by atoms with Gasteiger partial charge in [-0.25, -0.2) is 13.6 Å². The van der Waals surface area contributed by atoms with Gasteiger partial charge in [-0.1, -0.05) is 43.3 Å². The number of carboxylic acid groups (broad SMARTS) is 1. The maximum absolute atomic E-state index is 16.0. The summed E-state index contributed by atoms with van der Waals surface area (Å²) < 4.78 is 85.7. The van der Waals surface area contributed by atoms with Gasteiger partial charge in [0.05, 0.1) is 17.4 Å². The fraction of sp³-hybridized carbons (Fsp3) is 0.250. The Morgan fingerprint density at radius 1 is 0.962 bits per heavy atom. The van der Waals surface area contributed by atoms with Crippen LogP contribution in [0.15, 0.2) is 72.1 Å². The summed E-state index contributed by atoms with van der Waals surface area (Å²) in [5.74, 6) is -9.98. The third-order valence-corrected chi connectivity index (χ3v) is 8.90. The second-order valence-electron chi connectivity index (χ2n) is 11.7. The zero-order valence-electron chi connectivity index (χ0n) is 28.4. The molecule has 53 heavy (non-hydrogen) atoms. The molecule has 3 aromatic carbocycles. The minimum Gasteiger partial charge on any atom is -0.480 e. The van der Waals surface area contributed by atoms with E-state index in [1.54, 1.807) is 6.92 Å². The number of hydrogen-bond acceptors (Lipinski definition) is 9. The summed E-state index contributed by atoms with van der Waals surface area (Å²) in [6, 6.07) is 12.8. The maximum atomic E-state index is 16.0. The molecule has 0 aliphatic carbocycles. The molecule has 0 aliphatic heterocycles. The van der Waals surface area contributed by atoms with E-state index in [0.29, 0.717) is 12.5 Å². The van der Waals surface area contributed by atoms with E-state index in [1.807, 2.05) is 0 Å². The summed E-state index contributed by atoms with van der Waals surface area (Å²) in [6.45, 7) is 1.98. The Hall–Kier alpha value is -5.84. The molecular weight excluding hydrogens is 731 g/mol. The zero-order chi connectivity index (χ0) is 39.2. The number of carbonyl (C=O) groups is 5. The van der Waals surface area contributed by atoms with Crippen LogP contribution < -0.4 is 10.1 Å². The highest BCUT2D eigenvalue weighted by Gasteiger charge is 2.53. The Kier molecular flexibility index (Phi) is 12.2. The second kappa shape index (κ2) is 16.2. The lowest BCUT2D eigenvalue weighted by Gasteiger charge is -2.27. The molecule has 2 unspecified atom stereocenters. The first-order chi connectivity index (χ1) is 24.9. The number of esters is 1. The van der Waals surface area contributed by atoms with Crippen LogP contribution in [0, 0.1) is 11.6 Å². The molecule has 4 aromatic rings. The van der Waals surface area contributed by atoms with Gasteiger partial charge >= 0.3 is 24.3 Å². The highest BCUT2D eigenvalue weighted by molar-refractivity contribution is 7.10. The van der Waals surface area contributed by atoms with Gasteiger partial charge in [0.1, 0.15) is 12.2 Å². The van der Waals surface area contributed by atoms with Gasteiger partial charge in [0, 0.05) is 30.6 Å². The summed E-state index contributed by atoms with van der Waals surface area (Å²) in [5.41, 5.74) is -4.97. The molecular formula is C36H31F5N2O9S. The van der Waals surface area contributed by atoms with Crippen LogP contribution in [0.3, 0.4) is 0 Å².